The topological polar surface area (TPSA) is 73.8 Å². The molecule has 0 saturated carbocycles. The third kappa shape index (κ3) is 7.27. The molecule has 8 heteroatoms. The van der Waals surface area contributed by atoms with Crippen molar-refractivity contribution in [2.75, 3.05) is 39.5 Å². The molecule has 2 aromatic rings. The number of carbonyl (C=O) groups excluding carboxylic acids is 1. The van der Waals surface area contributed by atoms with Gasteiger partial charge in [-0.05, 0) is 86.2 Å². The number of aryl methyl sites for hydroxylation is 2. The van der Waals surface area contributed by atoms with Crippen LogP contribution in [0.5, 0.6) is 0 Å². The summed E-state index contributed by atoms with van der Waals surface area (Å²) in [7, 11) is -1.46. The van der Waals surface area contributed by atoms with E-state index >= 15 is 0 Å². The molecule has 0 unspecified atom stereocenters. The molecule has 1 aromatic carbocycles. The number of aromatic nitrogens is 1. The minimum Gasteiger partial charge on any atom is -0.338 e. The van der Waals surface area contributed by atoms with E-state index in [-0.39, 0.29) is 17.4 Å². The number of rotatable bonds is 7. The maximum atomic E-state index is 13.5. The lowest BCUT2D eigenvalue weighted by Crippen LogP contribution is -2.52. The van der Waals surface area contributed by atoms with Gasteiger partial charge in [0.15, 0.2) is 0 Å². The second kappa shape index (κ2) is 12.1. The second-order valence-corrected chi connectivity index (χ2v) is 14.5. The van der Waals surface area contributed by atoms with E-state index in [0.29, 0.717) is 6.04 Å². The molecule has 0 radical (unpaired) electrons. The molecule has 1 aromatic heterocycles. The van der Waals surface area contributed by atoms with Gasteiger partial charge in [-0.1, -0.05) is 45.0 Å². The maximum absolute atomic E-state index is 13.5. The van der Waals surface area contributed by atoms with Crippen LogP contribution in [0.25, 0.3) is 0 Å². The summed E-state index contributed by atoms with van der Waals surface area (Å²) in [5.41, 5.74) is 5.69. The van der Waals surface area contributed by atoms with Crippen LogP contribution in [0, 0.1) is 6.92 Å². The Kier molecular flexibility index (Phi) is 9.19. The summed E-state index contributed by atoms with van der Waals surface area (Å²) in [5.74, 6) is 0.0864. The highest BCUT2D eigenvalue weighted by Crippen LogP contribution is 2.26. The summed E-state index contributed by atoms with van der Waals surface area (Å²) in [6.07, 6.45) is 10.3. The van der Waals surface area contributed by atoms with Crippen LogP contribution in [-0.2, 0) is 28.3 Å². The molecular weight excluding hydrogens is 508 g/mol. The fourth-order valence-corrected chi connectivity index (χ4v) is 6.73. The number of amides is 1. The van der Waals surface area contributed by atoms with Gasteiger partial charge in [0, 0.05) is 44.6 Å². The molecule has 39 heavy (non-hydrogen) atoms. The minimum absolute atomic E-state index is 0.0864. The van der Waals surface area contributed by atoms with Gasteiger partial charge in [0.1, 0.15) is 0 Å². The summed E-state index contributed by atoms with van der Waals surface area (Å²) in [6, 6.07) is 9.42. The molecule has 0 aliphatic carbocycles. The molecule has 2 aliphatic rings. The van der Waals surface area contributed by atoms with E-state index < -0.39 is 10.0 Å². The lowest BCUT2D eigenvalue weighted by atomic mass is 9.86. The third-order valence-electron chi connectivity index (χ3n) is 8.86. The van der Waals surface area contributed by atoms with E-state index in [0.717, 1.165) is 81.4 Å². The smallest absolute Gasteiger partial charge is 0.255 e. The molecule has 0 N–H and O–H groups in total. The zero-order valence-electron chi connectivity index (χ0n) is 24.6. The Morgan fingerprint density at radius 1 is 0.974 bits per heavy atom. The van der Waals surface area contributed by atoms with E-state index in [2.05, 4.69) is 61.8 Å². The molecule has 2 aliphatic heterocycles. The van der Waals surface area contributed by atoms with Gasteiger partial charge >= 0.3 is 0 Å². The van der Waals surface area contributed by atoms with Crippen LogP contribution in [0.15, 0.2) is 36.7 Å². The number of sulfonamides is 1. The van der Waals surface area contributed by atoms with E-state index in [4.69, 9.17) is 0 Å². The van der Waals surface area contributed by atoms with Crippen LogP contribution in [0.1, 0.15) is 79.1 Å². The lowest BCUT2D eigenvalue weighted by Gasteiger charge is -2.43. The average Bonchev–Trinajstić information content (AvgIpc) is 2.91. The number of hydrogen-bond donors (Lipinski definition) is 0. The number of likely N-dealkylation sites (tertiary alicyclic amines) is 2. The normalized spacial score (nSPS) is 18.6. The number of carbonyl (C=O) groups is 1. The molecule has 0 bridgehead atoms. The predicted molar refractivity (Wildman–Crippen MR) is 158 cm³/mol. The summed E-state index contributed by atoms with van der Waals surface area (Å²) < 4.78 is 25.3. The first-order valence-corrected chi connectivity index (χ1v) is 16.2. The third-order valence-corrected chi connectivity index (χ3v) is 10.2. The van der Waals surface area contributed by atoms with Gasteiger partial charge in [-0.25, -0.2) is 12.7 Å². The molecule has 4 rings (SSSR count). The molecule has 214 valence electrons. The highest BCUT2D eigenvalue weighted by atomic mass is 32.2. The van der Waals surface area contributed by atoms with Crippen LogP contribution >= 0.6 is 0 Å². The molecule has 2 fully saturated rings. The van der Waals surface area contributed by atoms with Crippen molar-refractivity contribution in [2.45, 2.75) is 83.7 Å². The van der Waals surface area contributed by atoms with Gasteiger partial charge in [-0.15, -0.1) is 0 Å². The Labute approximate surface area is 235 Å². The molecule has 3 heterocycles. The standard InChI is InChI=1S/C31H46N4O3S/c1-23-25(10-7-24-8-11-26(12-9-24)31(2,3)4)21-32-22-29(23)30(36)35-19-15-28(16-20-35)34-17-13-27(14-18-34)33(5)39(6,37)38/h8-9,11-12,21-22,27-28H,7,10,13-20H2,1-6H3. The van der Waals surface area contributed by atoms with Gasteiger partial charge in [0.2, 0.25) is 10.0 Å². The van der Waals surface area contributed by atoms with E-state index in [1.54, 1.807) is 13.2 Å². The van der Waals surface area contributed by atoms with Crippen LogP contribution in [-0.4, -0.2) is 85.0 Å². The molecule has 0 atom stereocenters. The van der Waals surface area contributed by atoms with Gasteiger partial charge in [0.05, 0.1) is 11.8 Å². The molecule has 0 spiro atoms. The van der Waals surface area contributed by atoms with Crippen LogP contribution in [0.4, 0.5) is 0 Å². The zero-order chi connectivity index (χ0) is 28.4. The molecule has 2 saturated heterocycles. The predicted octanol–water partition coefficient (Wildman–Crippen LogP) is 4.43. The van der Waals surface area contributed by atoms with Crippen molar-refractivity contribution in [3.8, 4) is 0 Å². The quantitative estimate of drug-likeness (QED) is 0.506. The van der Waals surface area contributed by atoms with Crippen LogP contribution in [0.3, 0.4) is 0 Å². The fourth-order valence-electron chi connectivity index (χ4n) is 5.98. The zero-order valence-corrected chi connectivity index (χ0v) is 25.4. The highest BCUT2D eigenvalue weighted by molar-refractivity contribution is 7.88. The monoisotopic (exact) mass is 554 g/mol. The Bertz CT molecular complexity index is 1240. The average molecular weight is 555 g/mol. The maximum Gasteiger partial charge on any atom is 0.255 e. The van der Waals surface area contributed by atoms with Crippen molar-refractivity contribution < 1.29 is 13.2 Å². The summed E-state index contributed by atoms with van der Waals surface area (Å²) in [4.78, 5) is 22.4. The minimum atomic E-state index is -3.15. The highest BCUT2D eigenvalue weighted by Gasteiger charge is 2.33. The van der Waals surface area contributed by atoms with Gasteiger partial charge < -0.3 is 9.80 Å². The Morgan fingerprint density at radius 2 is 1.59 bits per heavy atom. The van der Waals surface area contributed by atoms with Crippen molar-refractivity contribution in [2.24, 2.45) is 0 Å². The first kappa shape index (κ1) is 29.7. The van der Waals surface area contributed by atoms with Crippen molar-refractivity contribution in [1.82, 2.24) is 19.1 Å². The van der Waals surface area contributed by atoms with Crippen molar-refractivity contribution in [1.29, 1.82) is 0 Å². The largest absolute Gasteiger partial charge is 0.338 e. The Hall–Kier alpha value is -2.29. The van der Waals surface area contributed by atoms with Gasteiger partial charge in [-0.3, -0.25) is 9.78 Å². The molecule has 1 amide bonds. The van der Waals surface area contributed by atoms with Crippen molar-refractivity contribution in [3.05, 3.63) is 64.5 Å². The fraction of sp³-hybridized carbons (Fsp3) is 0.613. The Morgan fingerprint density at radius 3 is 2.15 bits per heavy atom. The lowest BCUT2D eigenvalue weighted by molar-refractivity contribution is 0.0547. The first-order valence-electron chi connectivity index (χ1n) is 14.3. The van der Waals surface area contributed by atoms with Crippen LogP contribution in [0.2, 0.25) is 0 Å². The number of hydrogen-bond acceptors (Lipinski definition) is 5. The number of benzene rings is 1. The van der Waals surface area contributed by atoms with Crippen LogP contribution < -0.4 is 0 Å². The number of piperidine rings is 2. The van der Waals surface area contributed by atoms with E-state index in [9.17, 15) is 13.2 Å². The second-order valence-electron chi connectivity index (χ2n) is 12.5. The number of pyridine rings is 1. The SMILES string of the molecule is Cc1c(CCc2ccc(C(C)(C)C)cc2)cncc1C(=O)N1CCC(N2CCC(N(C)S(C)(=O)=O)CC2)CC1. The summed E-state index contributed by atoms with van der Waals surface area (Å²) in [5, 5.41) is 0. The summed E-state index contributed by atoms with van der Waals surface area (Å²) in [6.45, 7) is 12.1. The first-order chi connectivity index (χ1) is 18.3. The van der Waals surface area contributed by atoms with E-state index in [1.165, 1.54) is 21.7 Å². The van der Waals surface area contributed by atoms with E-state index in [1.807, 2.05) is 11.1 Å². The van der Waals surface area contributed by atoms with Gasteiger partial charge in [-0.2, -0.15) is 0 Å². The molecule has 7 nitrogen and oxygen atoms in total. The molecular formula is C31H46N4O3S. The number of nitrogens with zero attached hydrogens (tertiary/aromatic N) is 4. The van der Waals surface area contributed by atoms with Crippen molar-refractivity contribution in [3.63, 3.8) is 0 Å². The summed E-state index contributed by atoms with van der Waals surface area (Å²) >= 11 is 0. The van der Waals surface area contributed by atoms with Crippen molar-refractivity contribution >= 4 is 15.9 Å². The van der Waals surface area contributed by atoms with Gasteiger partial charge in [0.25, 0.3) is 5.91 Å². The Balaban J connectivity index is 1.30.